The predicted molar refractivity (Wildman–Crippen MR) is 79.5 cm³/mol. The van der Waals surface area contributed by atoms with Crippen molar-refractivity contribution in [2.45, 2.75) is 71.1 Å². The van der Waals surface area contributed by atoms with Gasteiger partial charge in [-0.3, -0.25) is 9.59 Å². The monoisotopic (exact) mass is 283 g/mol. The fourth-order valence-corrected chi connectivity index (χ4v) is 2.99. The summed E-state index contributed by atoms with van der Waals surface area (Å²) in [5.41, 5.74) is 0. The van der Waals surface area contributed by atoms with Gasteiger partial charge in [0.25, 0.3) is 0 Å². The van der Waals surface area contributed by atoms with E-state index in [1.54, 1.807) is 0 Å². The average molecular weight is 283 g/mol. The van der Waals surface area contributed by atoms with Crippen LogP contribution in [0.1, 0.15) is 71.1 Å². The van der Waals surface area contributed by atoms with E-state index in [2.05, 4.69) is 12.2 Å². The molecule has 0 radical (unpaired) electrons. The van der Waals surface area contributed by atoms with Crippen molar-refractivity contribution >= 4 is 11.9 Å². The lowest BCUT2D eigenvalue weighted by Crippen LogP contribution is -2.40. The van der Waals surface area contributed by atoms with Crippen LogP contribution >= 0.6 is 0 Å². The van der Waals surface area contributed by atoms with Crippen LogP contribution in [0.4, 0.5) is 0 Å². The Bertz CT molecular complexity index is 304. The average Bonchev–Trinajstić information content (AvgIpc) is 2.46. The van der Waals surface area contributed by atoms with E-state index < -0.39 is 11.9 Å². The third-order valence-corrected chi connectivity index (χ3v) is 4.25. The first-order chi connectivity index (χ1) is 9.66. The lowest BCUT2D eigenvalue weighted by molar-refractivity contribution is -0.148. The molecule has 1 saturated carbocycles. The molecule has 1 fully saturated rings. The number of carbonyl (C=O) groups is 2. The zero-order valence-corrected chi connectivity index (χ0v) is 12.7. The van der Waals surface area contributed by atoms with E-state index in [0.717, 1.165) is 32.1 Å². The summed E-state index contributed by atoms with van der Waals surface area (Å²) in [7, 11) is 0. The van der Waals surface area contributed by atoms with Crippen LogP contribution in [0.15, 0.2) is 0 Å². The molecule has 2 N–H and O–H groups in total. The molecular weight excluding hydrogens is 254 g/mol. The molecule has 4 nitrogen and oxygen atoms in total. The lowest BCUT2D eigenvalue weighted by Gasteiger charge is -2.27. The second-order valence-corrected chi connectivity index (χ2v) is 5.89. The molecule has 2 atom stereocenters. The lowest BCUT2D eigenvalue weighted by atomic mass is 9.78. The number of carboxylic acids is 1. The molecule has 0 saturated heterocycles. The van der Waals surface area contributed by atoms with Crippen LogP contribution in [-0.4, -0.2) is 23.5 Å². The summed E-state index contributed by atoms with van der Waals surface area (Å²) < 4.78 is 0. The standard InChI is InChI=1S/C16H29NO3/c1-2-3-4-5-6-9-12-17-15(18)13-10-7-8-11-14(13)16(19)20/h13-14H,2-12H2,1H3,(H,17,18)(H,19,20)/t13-,14-/m1/s1. The van der Waals surface area contributed by atoms with E-state index in [9.17, 15) is 9.59 Å². The summed E-state index contributed by atoms with van der Waals surface area (Å²) in [6.07, 6.45) is 10.4. The van der Waals surface area contributed by atoms with Crippen LogP contribution < -0.4 is 5.32 Å². The van der Waals surface area contributed by atoms with Crippen LogP contribution in [-0.2, 0) is 9.59 Å². The van der Waals surface area contributed by atoms with Gasteiger partial charge in [0.05, 0.1) is 11.8 Å². The van der Waals surface area contributed by atoms with Gasteiger partial charge in [0, 0.05) is 6.54 Å². The Hall–Kier alpha value is -1.06. The maximum Gasteiger partial charge on any atom is 0.307 e. The van der Waals surface area contributed by atoms with Gasteiger partial charge in [0.15, 0.2) is 0 Å². The Balaban J connectivity index is 2.19. The number of hydrogen-bond donors (Lipinski definition) is 2. The van der Waals surface area contributed by atoms with Gasteiger partial charge in [-0.05, 0) is 19.3 Å². The molecule has 0 aromatic carbocycles. The van der Waals surface area contributed by atoms with Gasteiger partial charge in [0.1, 0.15) is 0 Å². The number of nitrogens with one attached hydrogen (secondary N) is 1. The van der Waals surface area contributed by atoms with Crippen molar-refractivity contribution in [1.29, 1.82) is 0 Å². The fourth-order valence-electron chi connectivity index (χ4n) is 2.99. The highest BCUT2D eigenvalue weighted by Crippen LogP contribution is 2.30. The summed E-state index contributed by atoms with van der Waals surface area (Å²) in [6.45, 7) is 2.89. The van der Waals surface area contributed by atoms with E-state index in [-0.39, 0.29) is 11.8 Å². The summed E-state index contributed by atoms with van der Waals surface area (Å²) in [5, 5.41) is 12.1. The van der Waals surface area contributed by atoms with E-state index in [0.29, 0.717) is 13.0 Å². The Morgan fingerprint density at radius 2 is 1.60 bits per heavy atom. The van der Waals surface area contributed by atoms with Crippen molar-refractivity contribution in [2.75, 3.05) is 6.54 Å². The van der Waals surface area contributed by atoms with Crippen molar-refractivity contribution in [3.05, 3.63) is 0 Å². The Labute approximate surface area is 122 Å². The third kappa shape index (κ3) is 5.93. The highest BCUT2D eigenvalue weighted by molar-refractivity contribution is 5.84. The summed E-state index contributed by atoms with van der Waals surface area (Å²) >= 11 is 0. The second-order valence-electron chi connectivity index (χ2n) is 5.89. The molecule has 0 aliphatic heterocycles. The molecule has 0 aromatic rings. The van der Waals surface area contributed by atoms with Gasteiger partial charge >= 0.3 is 5.97 Å². The van der Waals surface area contributed by atoms with E-state index in [1.165, 1.54) is 25.7 Å². The molecule has 0 aromatic heterocycles. The van der Waals surface area contributed by atoms with Crippen LogP contribution in [0.25, 0.3) is 0 Å². The number of aliphatic carboxylic acids is 1. The maximum atomic E-state index is 12.1. The topological polar surface area (TPSA) is 66.4 Å². The smallest absolute Gasteiger partial charge is 0.307 e. The van der Waals surface area contributed by atoms with Crippen molar-refractivity contribution in [3.63, 3.8) is 0 Å². The quantitative estimate of drug-likeness (QED) is 0.638. The second kappa shape index (κ2) is 9.78. The number of carboxylic acid groups (broad SMARTS) is 1. The number of rotatable bonds is 9. The highest BCUT2D eigenvalue weighted by atomic mass is 16.4. The van der Waals surface area contributed by atoms with Crippen LogP contribution in [0.2, 0.25) is 0 Å². The number of amides is 1. The van der Waals surface area contributed by atoms with E-state index in [1.807, 2.05) is 0 Å². The SMILES string of the molecule is CCCCCCCCNC(=O)[C@@H]1CCCC[C@H]1C(=O)O. The maximum absolute atomic E-state index is 12.1. The van der Waals surface area contributed by atoms with Gasteiger partial charge in [-0.25, -0.2) is 0 Å². The number of carbonyl (C=O) groups excluding carboxylic acids is 1. The predicted octanol–water partition coefficient (Wildman–Crippen LogP) is 3.35. The molecule has 1 rings (SSSR count). The number of unbranched alkanes of at least 4 members (excludes halogenated alkanes) is 5. The highest BCUT2D eigenvalue weighted by Gasteiger charge is 2.35. The summed E-state index contributed by atoms with van der Waals surface area (Å²) in [4.78, 5) is 23.2. The van der Waals surface area contributed by atoms with E-state index >= 15 is 0 Å². The molecule has 0 heterocycles. The van der Waals surface area contributed by atoms with Crippen molar-refractivity contribution in [3.8, 4) is 0 Å². The van der Waals surface area contributed by atoms with Crippen LogP contribution in [0.5, 0.6) is 0 Å². The first-order valence-electron chi connectivity index (χ1n) is 8.17. The largest absolute Gasteiger partial charge is 0.481 e. The molecule has 0 bridgehead atoms. The minimum atomic E-state index is -0.815. The molecule has 0 spiro atoms. The Morgan fingerprint density at radius 1 is 1.00 bits per heavy atom. The van der Waals surface area contributed by atoms with Crippen molar-refractivity contribution < 1.29 is 14.7 Å². The minimum absolute atomic E-state index is 0.0503. The molecular formula is C16H29NO3. The molecule has 1 amide bonds. The Kier molecular flexibility index (Phi) is 8.31. The minimum Gasteiger partial charge on any atom is -0.481 e. The van der Waals surface area contributed by atoms with Crippen LogP contribution in [0, 0.1) is 11.8 Å². The fraction of sp³-hybridized carbons (Fsp3) is 0.875. The molecule has 0 unspecified atom stereocenters. The van der Waals surface area contributed by atoms with Gasteiger partial charge in [-0.15, -0.1) is 0 Å². The van der Waals surface area contributed by atoms with Gasteiger partial charge < -0.3 is 10.4 Å². The van der Waals surface area contributed by atoms with Crippen molar-refractivity contribution in [1.82, 2.24) is 5.32 Å². The van der Waals surface area contributed by atoms with Gasteiger partial charge in [-0.1, -0.05) is 51.9 Å². The summed E-state index contributed by atoms with van der Waals surface area (Å²) in [5.74, 6) is -1.66. The van der Waals surface area contributed by atoms with E-state index in [4.69, 9.17) is 5.11 Å². The zero-order valence-electron chi connectivity index (χ0n) is 12.7. The third-order valence-electron chi connectivity index (χ3n) is 4.25. The summed E-state index contributed by atoms with van der Waals surface area (Å²) in [6, 6.07) is 0. The van der Waals surface area contributed by atoms with Crippen molar-refractivity contribution in [2.24, 2.45) is 11.8 Å². The van der Waals surface area contributed by atoms with Gasteiger partial charge in [-0.2, -0.15) is 0 Å². The Morgan fingerprint density at radius 3 is 2.25 bits per heavy atom. The molecule has 1 aliphatic carbocycles. The molecule has 4 heteroatoms. The van der Waals surface area contributed by atoms with Gasteiger partial charge in [0.2, 0.25) is 5.91 Å². The zero-order chi connectivity index (χ0) is 14.8. The molecule has 116 valence electrons. The molecule has 1 aliphatic rings. The van der Waals surface area contributed by atoms with Crippen LogP contribution in [0.3, 0.4) is 0 Å². The number of hydrogen-bond acceptors (Lipinski definition) is 2. The molecule has 20 heavy (non-hydrogen) atoms. The first-order valence-corrected chi connectivity index (χ1v) is 8.17. The first kappa shape index (κ1) is 17.0. The normalized spacial score (nSPS) is 22.4.